The third kappa shape index (κ3) is 3.35. The van der Waals surface area contributed by atoms with E-state index in [1.165, 1.54) is 11.3 Å². The van der Waals surface area contributed by atoms with Crippen molar-refractivity contribution in [2.24, 2.45) is 7.05 Å². The summed E-state index contributed by atoms with van der Waals surface area (Å²) in [5.74, 6) is 0. The fraction of sp³-hybridized carbons (Fsp3) is 0.786. The minimum Gasteiger partial charge on any atom is -0.374 e. The maximum absolute atomic E-state index is 5.78. The molecule has 0 aromatic carbocycles. The van der Waals surface area contributed by atoms with Gasteiger partial charge in [-0.1, -0.05) is 0 Å². The number of morpholine rings is 1. The number of rotatable bonds is 4. The lowest BCUT2D eigenvalue weighted by molar-refractivity contribution is -0.0191. The highest BCUT2D eigenvalue weighted by atomic mass is 16.5. The normalized spacial score (nSPS) is 22.7. The topological polar surface area (TPSA) is 42.3 Å². The third-order valence-electron chi connectivity index (χ3n) is 3.99. The van der Waals surface area contributed by atoms with Crippen LogP contribution < -0.4 is 5.32 Å². The molecule has 1 aromatic rings. The summed E-state index contributed by atoms with van der Waals surface area (Å²) >= 11 is 0. The van der Waals surface area contributed by atoms with Crippen LogP contribution in [0.2, 0.25) is 0 Å². The molecule has 2 rings (SSSR count). The number of ether oxygens (including phenoxy) is 1. The summed E-state index contributed by atoms with van der Waals surface area (Å²) in [6, 6.07) is 0.310. The zero-order chi connectivity index (χ0) is 14.0. The van der Waals surface area contributed by atoms with Crippen LogP contribution in [0.3, 0.4) is 0 Å². The van der Waals surface area contributed by atoms with E-state index >= 15 is 0 Å². The molecule has 1 aromatic heterocycles. The molecule has 1 aliphatic heterocycles. The molecule has 5 nitrogen and oxygen atoms in total. The van der Waals surface area contributed by atoms with Gasteiger partial charge in [-0.25, -0.2) is 0 Å². The Bertz CT molecular complexity index is 429. The van der Waals surface area contributed by atoms with Gasteiger partial charge in [0, 0.05) is 44.0 Å². The van der Waals surface area contributed by atoms with Gasteiger partial charge in [0.05, 0.1) is 18.4 Å². The second kappa shape index (κ2) is 6.03. The Morgan fingerprint density at radius 2 is 2.16 bits per heavy atom. The predicted molar refractivity (Wildman–Crippen MR) is 76.3 cm³/mol. The lowest BCUT2D eigenvalue weighted by Gasteiger charge is -2.31. The Hall–Kier alpha value is -0.910. The van der Waals surface area contributed by atoms with E-state index in [-0.39, 0.29) is 0 Å². The largest absolute Gasteiger partial charge is 0.374 e. The Kier molecular flexibility index (Phi) is 4.60. The first-order chi connectivity index (χ1) is 8.99. The van der Waals surface area contributed by atoms with Crippen molar-refractivity contribution >= 4 is 0 Å². The molecule has 0 bridgehead atoms. The smallest absolute Gasteiger partial charge is 0.0826 e. The summed E-state index contributed by atoms with van der Waals surface area (Å²) in [7, 11) is 4.14. The third-order valence-corrected chi connectivity index (χ3v) is 3.99. The predicted octanol–water partition coefficient (Wildman–Crippen LogP) is 1.02. The lowest BCUT2D eigenvalue weighted by Crippen LogP contribution is -2.45. The summed E-state index contributed by atoms with van der Waals surface area (Å²) in [5, 5.41) is 8.05. The van der Waals surface area contributed by atoms with Crippen molar-refractivity contribution < 1.29 is 4.74 Å². The van der Waals surface area contributed by atoms with Gasteiger partial charge in [0.2, 0.25) is 0 Å². The number of aromatic nitrogens is 2. The molecule has 1 aliphatic rings. The molecule has 2 atom stereocenters. The monoisotopic (exact) mass is 266 g/mol. The number of hydrogen-bond donors (Lipinski definition) is 1. The first-order valence-corrected chi connectivity index (χ1v) is 7.02. The van der Waals surface area contributed by atoms with Crippen LogP contribution in [-0.2, 0) is 11.8 Å². The van der Waals surface area contributed by atoms with Crippen molar-refractivity contribution in [2.45, 2.75) is 32.9 Å². The molecule has 19 heavy (non-hydrogen) atoms. The van der Waals surface area contributed by atoms with E-state index in [4.69, 9.17) is 4.74 Å². The second-order valence-corrected chi connectivity index (χ2v) is 5.59. The molecule has 1 N–H and O–H groups in total. The van der Waals surface area contributed by atoms with E-state index in [2.05, 4.69) is 43.1 Å². The Morgan fingerprint density at radius 1 is 1.42 bits per heavy atom. The second-order valence-electron chi connectivity index (χ2n) is 5.59. The summed E-state index contributed by atoms with van der Waals surface area (Å²) < 4.78 is 7.73. The van der Waals surface area contributed by atoms with Crippen molar-refractivity contribution in [3.8, 4) is 0 Å². The molecule has 0 amide bonds. The van der Waals surface area contributed by atoms with Crippen LogP contribution in [0.1, 0.15) is 29.9 Å². The van der Waals surface area contributed by atoms with E-state index in [9.17, 15) is 0 Å². The van der Waals surface area contributed by atoms with Crippen LogP contribution in [0.4, 0.5) is 0 Å². The molecule has 2 heterocycles. The van der Waals surface area contributed by atoms with Gasteiger partial charge in [0.25, 0.3) is 0 Å². The van der Waals surface area contributed by atoms with Crippen LogP contribution >= 0.6 is 0 Å². The highest BCUT2D eigenvalue weighted by molar-refractivity contribution is 5.27. The van der Waals surface area contributed by atoms with E-state index in [0.29, 0.717) is 12.1 Å². The van der Waals surface area contributed by atoms with Crippen molar-refractivity contribution in [3.63, 3.8) is 0 Å². The van der Waals surface area contributed by atoms with Crippen molar-refractivity contribution in [2.75, 3.05) is 33.3 Å². The number of nitrogens with one attached hydrogen (secondary N) is 1. The van der Waals surface area contributed by atoms with Gasteiger partial charge in [-0.3, -0.25) is 4.68 Å². The van der Waals surface area contributed by atoms with Gasteiger partial charge < -0.3 is 15.0 Å². The number of nitrogens with zero attached hydrogens (tertiary/aromatic N) is 3. The standard InChI is InChI=1S/C14H26N4O/c1-10(14-11(2)16-18(5)12(14)3)15-8-13-9-17(4)6-7-19-13/h10,13,15H,6-9H2,1-5H3. The first-order valence-electron chi connectivity index (χ1n) is 7.02. The molecular weight excluding hydrogens is 240 g/mol. The zero-order valence-electron chi connectivity index (χ0n) is 12.7. The van der Waals surface area contributed by atoms with Crippen molar-refractivity contribution in [1.82, 2.24) is 20.0 Å². The number of aryl methyl sites for hydroxylation is 2. The average molecular weight is 266 g/mol. The van der Waals surface area contributed by atoms with E-state index in [0.717, 1.165) is 31.9 Å². The van der Waals surface area contributed by atoms with Gasteiger partial charge in [-0.15, -0.1) is 0 Å². The summed E-state index contributed by atoms with van der Waals surface area (Å²) in [6.45, 7) is 10.2. The van der Waals surface area contributed by atoms with E-state index in [1.807, 2.05) is 11.7 Å². The quantitative estimate of drug-likeness (QED) is 0.883. The van der Waals surface area contributed by atoms with Crippen molar-refractivity contribution in [1.29, 1.82) is 0 Å². The van der Waals surface area contributed by atoms with Gasteiger partial charge >= 0.3 is 0 Å². The molecule has 5 heteroatoms. The van der Waals surface area contributed by atoms with Gasteiger partial charge in [-0.2, -0.15) is 5.10 Å². The van der Waals surface area contributed by atoms with Crippen LogP contribution in [0.25, 0.3) is 0 Å². The summed E-state index contributed by atoms with van der Waals surface area (Å²) in [4.78, 5) is 2.32. The highest BCUT2D eigenvalue weighted by Gasteiger charge is 2.20. The van der Waals surface area contributed by atoms with Crippen LogP contribution in [0.15, 0.2) is 0 Å². The molecule has 0 aliphatic carbocycles. The lowest BCUT2D eigenvalue weighted by atomic mass is 10.1. The molecular formula is C14H26N4O. The summed E-state index contributed by atoms with van der Waals surface area (Å²) in [6.07, 6.45) is 0.290. The highest BCUT2D eigenvalue weighted by Crippen LogP contribution is 2.20. The Balaban J connectivity index is 1.92. The summed E-state index contributed by atoms with van der Waals surface area (Å²) in [5.41, 5.74) is 3.66. The van der Waals surface area contributed by atoms with Gasteiger partial charge in [-0.05, 0) is 27.8 Å². The van der Waals surface area contributed by atoms with Crippen LogP contribution in [0.5, 0.6) is 0 Å². The maximum Gasteiger partial charge on any atom is 0.0826 e. The van der Waals surface area contributed by atoms with Gasteiger partial charge in [0.1, 0.15) is 0 Å². The molecule has 0 saturated carbocycles. The van der Waals surface area contributed by atoms with E-state index in [1.54, 1.807) is 0 Å². The minimum absolute atomic E-state index is 0.290. The fourth-order valence-corrected chi connectivity index (χ4v) is 2.82. The number of hydrogen-bond acceptors (Lipinski definition) is 4. The Labute approximate surface area is 115 Å². The molecule has 0 spiro atoms. The van der Waals surface area contributed by atoms with Crippen LogP contribution in [0, 0.1) is 13.8 Å². The van der Waals surface area contributed by atoms with Crippen LogP contribution in [-0.4, -0.2) is 54.1 Å². The molecule has 2 unspecified atom stereocenters. The molecule has 1 fully saturated rings. The van der Waals surface area contributed by atoms with Crippen molar-refractivity contribution in [3.05, 3.63) is 17.0 Å². The Morgan fingerprint density at radius 3 is 2.74 bits per heavy atom. The molecule has 108 valence electrons. The molecule has 1 saturated heterocycles. The molecule has 0 radical (unpaired) electrons. The minimum atomic E-state index is 0.290. The SMILES string of the molecule is Cc1nn(C)c(C)c1C(C)NCC1CN(C)CCO1. The fourth-order valence-electron chi connectivity index (χ4n) is 2.82. The maximum atomic E-state index is 5.78. The first kappa shape index (κ1) is 14.5. The van der Waals surface area contributed by atoms with E-state index < -0.39 is 0 Å². The average Bonchev–Trinajstić information content (AvgIpc) is 2.61. The zero-order valence-corrected chi connectivity index (χ0v) is 12.7. The number of likely N-dealkylation sites (N-methyl/N-ethyl adjacent to an activating group) is 1. The van der Waals surface area contributed by atoms with Gasteiger partial charge in [0.15, 0.2) is 0 Å².